The molecule has 0 fully saturated rings. The number of hydrogen-bond donors (Lipinski definition) is 1. The van der Waals surface area contributed by atoms with Crippen LogP contribution in [0.25, 0.3) is 17.3 Å². The predicted octanol–water partition coefficient (Wildman–Crippen LogP) is 3.15. The second-order valence-corrected chi connectivity index (χ2v) is 9.34. The highest BCUT2D eigenvalue weighted by Crippen LogP contribution is 2.32. The van der Waals surface area contributed by atoms with Gasteiger partial charge in [-0.3, -0.25) is 9.29 Å². The lowest BCUT2D eigenvalue weighted by atomic mass is 10.2. The molecule has 0 saturated carbocycles. The van der Waals surface area contributed by atoms with Crippen molar-refractivity contribution in [3.8, 4) is 23.0 Å². The van der Waals surface area contributed by atoms with E-state index in [0.717, 1.165) is 12.4 Å². The fraction of sp³-hybridized carbons (Fsp3) is 0.238. The molecule has 172 valence electrons. The van der Waals surface area contributed by atoms with Crippen molar-refractivity contribution < 1.29 is 22.0 Å². The molecule has 1 aromatic carbocycles. The Morgan fingerprint density at radius 1 is 1.15 bits per heavy atom. The van der Waals surface area contributed by atoms with Crippen LogP contribution in [0.5, 0.6) is 5.75 Å². The Balaban J connectivity index is 1.73. The van der Waals surface area contributed by atoms with Crippen LogP contribution in [0.15, 0.2) is 53.2 Å². The molecule has 0 aliphatic carbocycles. The number of aromatic nitrogens is 5. The van der Waals surface area contributed by atoms with Crippen molar-refractivity contribution in [2.45, 2.75) is 25.5 Å². The summed E-state index contributed by atoms with van der Waals surface area (Å²) in [5.74, 6) is 1.40. The summed E-state index contributed by atoms with van der Waals surface area (Å²) in [5.41, 5.74) is 0.515. The Hall–Kier alpha value is -3.80. The molecule has 1 N–H and O–H groups in total. The summed E-state index contributed by atoms with van der Waals surface area (Å²) in [7, 11) is -2.45. The summed E-state index contributed by atoms with van der Waals surface area (Å²) in [6.45, 7) is 3.28. The third kappa shape index (κ3) is 4.70. The Kier molecular flexibility index (Phi) is 6.09. The molecule has 10 nitrogen and oxygen atoms in total. The van der Waals surface area contributed by atoms with Gasteiger partial charge in [-0.25, -0.2) is 22.8 Å². The number of aryl methyl sites for hydroxylation is 1. The molecule has 4 rings (SSSR count). The first-order chi connectivity index (χ1) is 15.8. The average molecular weight is 473 g/mol. The lowest BCUT2D eigenvalue weighted by Crippen LogP contribution is -2.29. The van der Waals surface area contributed by atoms with Gasteiger partial charge in [0.1, 0.15) is 17.3 Å². The number of para-hydroxylation sites is 2. The van der Waals surface area contributed by atoms with Gasteiger partial charge in [-0.15, -0.1) is 10.2 Å². The van der Waals surface area contributed by atoms with Crippen LogP contribution < -0.4 is 9.46 Å². The average Bonchev–Trinajstić information content (AvgIpc) is 3.40. The van der Waals surface area contributed by atoms with Gasteiger partial charge < -0.3 is 9.15 Å². The minimum Gasteiger partial charge on any atom is -0.495 e. The van der Waals surface area contributed by atoms with Gasteiger partial charge in [-0.05, 0) is 38.1 Å². The van der Waals surface area contributed by atoms with E-state index in [-0.39, 0.29) is 18.2 Å². The lowest BCUT2D eigenvalue weighted by Gasteiger charge is -2.16. The maximum Gasteiger partial charge on any atom is 0.243 e. The van der Waals surface area contributed by atoms with Gasteiger partial charge in [0, 0.05) is 6.42 Å². The van der Waals surface area contributed by atoms with Gasteiger partial charge in [-0.2, -0.15) is 0 Å². The Morgan fingerprint density at radius 3 is 2.55 bits per heavy atom. The highest BCUT2D eigenvalue weighted by atomic mass is 32.2. The normalized spacial score (nSPS) is 12.5. The number of furan rings is 1. The van der Waals surface area contributed by atoms with E-state index in [1.54, 1.807) is 43.3 Å². The first kappa shape index (κ1) is 22.4. The SMILES string of the molecule is COc1ccccc1-n1c(NS(=O)(=O)[C@H](C)Cc2ncc(F)cn2)nnc1-c1ccc(C)o1. The molecule has 12 heteroatoms. The van der Waals surface area contributed by atoms with Crippen LogP contribution in [0.3, 0.4) is 0 Å². The second-order valence-electron chi connectivity index (χ2n) is 7.24. The number of sulfonamides is 1. The molecule has 0 radical (unpaired) electrons. The summed E-state index contributed by atoms with van der Waals surface area (Å²) in [4.78, 5) is 7.66. The number of nitrogens with one attached hydrogen (secondary N) is 1. The molecule has 4 aromatic rings. The lowest BCUT2D eigenvalue weighted by molar-refractivity contribution is 0.413. The molecule has 0 aliphatic heterocycles. The van der Waals surface area contributed by atoms with Crippen molar-refractivity contribution in [3.05, 3.63) is 66.2 Å². The molecule has 33 heavy (non-hydrogen) atoms. The minimum atomic E-state index is -3.95. The van der Waals surface area contributed by atoms with Gasteiger partial charge in [0.2, 0.25) is 21.8 Å². The monoisotopic (exact) mass is 472 g/mol. The number of anilines is 1. The highest BCUT2D eigenvalue weighted by Gasteiger charge is 2.27. The first-order valence-corrected chi connectivity index (χ1v) is 11.5. The molecule has 3 heterocycles. The maximum absolute atomic E-state index is 13.1. The molecule has 0 spiro atoms. The van der Waals surface area contributed by atoms with Crippen molar-refractivity contribution in [1.82, 2.24) is 24.7 Å². The van der Waals surface area contributed by atoms with E-state index in [9.17, 15) is 12.8 Å². The third-order valence-corrected chi connectivity index (χ3v) is 6.55. The highest BCUT2D eigenvalue weighted by molar-refractivity contribution is 7.93. The largest absolute Gasteiger partial charge is 0.495 e. The van der Waals surface area contributed by atoms with Gasteiger partial charge in [0.25, 0.3) is 0 Å². The quantitative estimate of drug-likeness (QED) is 0.415. The first-order valence-electron chi connectivity index (χ1n) is 9.92. The van der Waals surface area contributed by atoms with E-state index in [1.807, 2.05) is 0 Å². The van der Waals surface area contributed by atoms with Crippen molar-refractivity contribution in [1.29, 1.82) is 0 Å². The zero-order valence-corrected chi connectivity index (χ0v) is 18.9. The van der Waals surface area contributed by atoms with Crippen molar-refractivity contribution in [2.75, 3.05) is 11.8 Å². The smallest absolute Gasteiger partial charge is 0.243 e. The topological polar surface area (TPSA) is 125 Å². The number of benzene rings is 1. The van der Waals surface area contributed by atoms with Gasteiger partial charge in [0.15, 0.2) is 11.6 Å². The summed E-state index contributed by atoms with van der Waals surface area (Å²) >= 11 is 0. The molecule has 0 unspecified atom stereocenters. The number of ether oxygens (including phenoxy) is 1. The van der Waals surface area contributed by atoms with E-state index in [4.69, 9.17) is 9.15 Å². The van der Waals surface area contributed by atoms with Crippen LogP contribution in [0.1, 0.15) is 18.5 Å². The summed E-state index contributed by atoms with van der Waals surface area (Å²) in [5, 5.41) is 7.28. The van der Waals surface area contributed by atoms with Crippen molar-refractivity contribution in [2.24, 2.45) is 0 Å². The van der Waals surface area contributed by atoms with E-state index in [0.29, 0.717) is 28.8 Å². The van der Waals surface area contributed by atoms with Crippen LogP contribution in [0.4, 0.5) is 10.3 Å². The molecule has 0 bridgehead atoms. The molecule has 0 aliphatic rings. The fourth-order valence-corrected chi connectivity index (χ4v) is 4.10. The summed E-state index contributed by atoms with van der Waals surface area (Å²) < 4.78 is 54.4. The Morgan fingerprint density at radius 2 is 1.88 bits per heavy atom. The molecule has 0 saturated heterocycles. The maximum atomic E-state index is 13.1. The second kappa shape index (κ2) is 8.98. The zero-order valence-electron chi connectivity index (χ0n) is 18.1. The number of nitrogens with zero attached hydrogens (tertiary/aromatic N) is 5. The Labute approximate surface area is 189 Å². The van der Waals surface area contributed by atoms with Gasteiger partial charge >= 0.3 is 0 Å². The van der Waals surface area contributed by atoms with Crippen molar-refractivity contribution >= 4 is 16.0 Å². The van der Waals surface area contributed by atoms with Crippen LogP contribution in [0, 0.1) is 12.7 Å². The van der Waals surface area contributed by atoms with E-state index >= 15 is 0 Å². The van der Waals surface area contributed by atoms with Crippen molar-refractivity contribution in [3.63, 3.8) is 0 Å². The van der Waals surface area contributed by atoms with E-state index in [1.165, 1.54) is 18.6 Å². The van der Waals surface area contributed by atoms with Gasteiger partial charge in [-0.1, -0.05) is 12.1 Å². The third-order valence-electron chi connectivity index (χ3n) is 4.86. The molecular weight excluding hydrogens is 451 g/mol. The number of rotatable bonds is 8. The van der Waals surface area contributed by atoms with Crippen LogP contribution in [-0.4, -0.2) is 45.5 Å². The van der Waals surface area contributed by atoms with Crippen LogP contribution in [0.2, 0.25) is 0 Å². The van der Waals surface area contributed by atoms with E-state index in [2.05, 4.69) is 24.9 Å². The summed E-state index contributed by atoms with van der Waals surface area (Å²) in [6, 6.07) is 10.5. The molecule has 0 amide bonds. The number of hydrogen-bond acceptors (Lipinski definition) is 8. The Bertz CT molecular complexity index is 1370. The minimum absolute atomic E-state index is 0.0252. The molecular formula is C21H21FN6O4S. The van der Waals surface area contributed by atoms with Crippen LogP contribution >= 0.6 is 0 Å². The number of methoxy groups -OCH3 is 1. The summed E-state index contributed by atoms with van der Waals surface area (Å²) in [6.07, 6.45) is 1.96. The fourth-order valence-electron chi connectivity index (χ4n) is 3.15. The number of halogens is 1. The standard InChI is InChI=1S/C21H21FN6O4S/c1-13-8-9-18(32-13)20-25-26-21(28(20)16-6-4-5-7-17(16)31-3)27-33(29,30)14(2)10-19-23-11-15(22)12-24-19/h4-9,11-12,14H,10H2,1-3H3,(H,26,27)/t14-/m1/s1. The van der Waals surface area contributed by atoms with Gasteiger partial charge in [0.05, 0.1) is 30.4 Å². The molecule has 3 aromatic heterocycles. The van der Waals surface area contributed by atoms with E-state index < -0.39 is 21.1 Å². The molecule has 1 atom stereocenters. The predicted molar refractivity (Wildman–Crippen MR) is 118 cm³/mol. The van der Waals surface area contributed by atoms with Crippen LogP contribution in [-0.2, 0) is 16.4 Å². The zero-order chi connectivity index (χ0) is 23.6.